The molecule has 6 heteroatoms. The summed E-state index contributed by atoms with van der Waals surface area (Å²) in [6.07, 6.45) is 0. The van der Waals surface area contributed by atoms with Crippen molar-refractivity contribution in [1.29, 1.82) is 0 Å². The first-order valence-electron chi connectivity index (χ1n) is 6.95. The zero-order chi connectivity index (χ0) is 16.7. The molecule has 0 atom stereocenters. The van der Waals surface area contributed by atoms with Crippen LogP contribution in [0.3, 0.4) is 0 Å². The highest BCUT2D eigenvalue weighted by Gasteiger charge is 2.10. The molecule has 2 aromatic carbocycles. The van der Waals surface area contributed by atoms with Gasteiger partial charge in [-0.25, -0.2) is 0 Å². The van der Waals surface area contributed by atoms with E-state index in [1.807, 2.05) is 0 Å². The number of hydrogen-bond acceptors (Lipinski definition) is 3. The fourth-order valence-electron chi connectivity index (χ4n) is 1.86. The predicted octanol–water partition coefficient (Wildman–Crippen LogP) is 2.07. The Morgan fingerprint density at radius 3 is 2.22 bits per heavy atom. The summed E-state index contributed by atoms with van der Waals surface area (Å²) < 4.78 is 0. The molecule has 0 heterocycles. The van der Waals surface area contributed by atoms with Crippen LogP contribution < -0.4 is 10.6 Å². The molecule has 0 bridgehead atoms. The van der Waals surface area contributed by atoms with Gasteiger partial charge in [-0.2, -0.15) is 0 Å². The molecule has 0 aliphatic heterocycles. The molecule has 2 N–H and O–H groups in total. The van der Waals surface area contributed by atoms with Crippen LogP contribution in [-0.4, -0.2) is 30.7 Å². The van der Waals surface area contributed by atoms with Gasteiger partial charge in [0.15, 0.2) is 5.78 Å². The Bertz CT molecular complexity index is 717. The summed E-state index contributed by atoms with van der Waals surface area (Å²) in [5.74, 6) is -1.04. The first kappa shape index (κ1) is 16.7. The van der Waals surface area contributed by atoms with E-state index in [-0.39, 0.29) is 24.8 Å². The van der Waals surface area contributed by atoms with Crippen LogP contribution in [0.15, 0.2) is 54.6 Å². The van der Waals surface area contributed by atoms with Gasteiger partial charge in [0.2, 0.25) is 5.91 Å². The van der Waals surface area contributed by atoms with Crippen molar-refractivity contribution in [2.75, 3.05) is 13.1 Å². The Morgan fingerprint density at radius 1 is 0.826 bits per heavy atom. The summed E-state index contributed by atoms with van der Waals surface area (Å²) >= 11 is 5.81. The van der Waals surface area contributed by atoms with Crippen molar-refractivity contribution in [3.8, 4) is 0 Å². The van der Waals surface area contributed by atoms with Gasteiger partial charge in [0.25, 0.3) is 5.91 Å². The van der Waals surface area contributed by atoms with E-state index in [2.05, 4.69) is 10.6 Å². The molecule has 5 nitrogen and oxygen atoms in total. The standard InChI is InChI=1S/C17H15ClN2O3/c18-14-8-4-7-13(9-14)15(21)10-19-16(22)11-20-17(23)12-5-2-1-3-6-12/h1-9H,10-11H2,(H,19,22)(H,20,23). The second kappa shape index (κ2) is 8.10. The summed E-state index contributed by atoms with van der Waals surface area (Å²) in [7, 11) is 0. The number of halogens is 1. The van der Waals surface area contributed by atoms with Crippen LogP contribution in [0, 0.1) is 0 Å². The summed E-state index contributed by atoms with van der Waals surface area (Å²) in [6, 6.07) is 15.0. The number of carbonyl (C=O) groups excluding carboxylic acids is 3. The van der Waals surface area contributed by atoms with Crippen LogP contribution in [0.4, 0.5) is 0 Å². The molecule has 0 saturated heterocycles. The molecule has 0 aliphatic rings. The van der Waals surface area contributed by atoms with Crippen LogP contribution in [0.1, 0.15) is 20.7 Å². The van der Waals surface area contributed by atoms with Gasteiger partial charge in [0.1, 0.15) is 0 Å². The van der Waals surface area contributed by atoms with Crippen LogP contribution in [0.2, 0.25) is 5.02 Å². The Labute approximate surface area is 138 Å². The number of rotatable bonds is 6. The van der Waals surface area contributed by atoms with Gasteiger partial charge in [0, 0.05) is 16.1 Å². The number of ketones is 1. The number of Topliss-reactive ketones (excluding diaryl/α,β-unsaturated/α-hetero) is 1. The number of carbonyl (C=O) groups is 3. The van der Waals surface area contributed by atoms with Crippen LogP contribution in [0.5, 0.6) is 0 Å². The van der Waals surface area contributed by atoms with E-state index in [1.54, 1.807) is 48.5 Å². The minimum atomic E-state index is -0.440. The average Bonchev–Trinajstić information content (AvgIpc) is 2.58. The van der Waals surface area contributed by atoms with Crippen LogP contribution >= 0.6 is 11.6 Å². The summed E-state index contributed by atoms with van der Waals surface area (Å²) in [5.41, 5.74) is 0.890. The van der Waals surface area contributed by atoms with Crippen LogP contribution in [-0.2, 0) is 4.79 Å². The zero-order valence-corrected chi connectivity index (χ0v) is 13.0. The SMILES string of the molecule is O=C(CNC(=O)c1ccccc1)NCC(=O)c1cccc(Cl)c1. The lowest BCUT2D eigenvalue weighted by molar-refractivity contribution is -0.119. The van der Waals surface area contributed by atoms with E-state index in [4.69, 9.17) is 11.6 Å². The van der Waals surface area contributed by atoms with Crippen molar-refractivity contribution in [2.45, 2.75) is 0 Å². The summed E-state index contributed by atoms with van der Waals surface area (Å²) in [5, 5.41) is 5.40. The smallest absolute Gasteiger partial charge is 0.251 e. The molecule has 2 aromatic rings. The van der Waals surface area contributed by atoms with Gasteiger partial charge in [-0.1, -0.05) is 41.9 Å². The molecule has 118 valence electrons. The predicted molar refractivity (Wildman–Crippen MR) is 87.6 cm³/mol. The van der Waals surface area contributed by atoms with E-state index in [9.17, 15) is 14.4 Å². The Balaban J connectivity index is 1.77. The molecule has 0 spiro atoms. The molecule has 23 heavy (non-hydrogen) atoms. The van der Waals surface area contributed by atoms with E-state index in [0.29, 0.717) is 16.1 Å². The number of nitrogens with one attached hydrogen (secondary N) is 2. The van der Waals surface area contributed by atoms with Crippen molar-refractivity contribution in [3.63, 3.8) is 0 Å². The maximum Gasteiger partial charge on any atom is 0.251 e. The van der Waals surface area contributed by atoms with Crippen molar-refractivity contribution in [2.24, 2.45) is 0 Å². The maximum atomic E-state index is 11.9. The molecule has 0 saturated carbocycles. The van der Waals surface area contributed by atoms with Gasteiger partial charge in [0.05, 0.1) is 13.1 Å². The van der Waals surface area contributed by atoms with Gasteiger partial charge >= 0.3 is 0 Å². The number of amides is 2. The van der Waals surface area contributed by atoms with Gasteiger partial charge in [-0.05, 0) is 24.3 Å². The zero-order valence-electron chi connectivity index (χ0n) is 12.2. The van der Waals surface area contributed by atoms with E-state index in [0.717, 1.165) is 0 Å². The summed E-state index contributed by atoms with van der Waals surface area (Å²) in [6.45, 7) is -0.350. The number of benzene rings is 2. The Kier molecular flexibility index (Phi) is 5.88. The van der Waals surface area contributed by atoms with Crippen LogP contribution in [0.25, 0.3) is 0 Å². The van der Waals surface area contributed by atoms with Gasteiger partial charge < -0.3 is 10.6 Å². The third kappa shape index (κ3) is 5.23. The van der Waals surface area contributed by atoms with Gasteiger partial charge in [-0.3, -0.25) is 14.4 Å². The van der Waals surface area contributed by atoms with Gasteiger partial charge in [-0.15, -0.1) is 0 Å². The molecule has 0 radical (unpaired) electrons. The molecule has 0 unspecified atom stereocenters. The molecule has 0 fully saturated rings. The largest absolute Gasteiger partial charge is 0.347 e. The molecular weight excluding hydrogens is 316 g/mol. The first-order chi connectivity index (χ1) is 11.1. The molecule has 0 aromatic heterocycles. The number of hydrogen-bond donors (Lipinski definition) is 2. The lowest BCUT2D eigenvalue weighted by Crippen LogP contribution is -2.39. The second-order valence-electron chi connectivity index (χ2n) is 4.76. The third-order valence-electron chi connectivity index (χ3n) is 3.04. The Morgan fingerprint density at radius 2 is 1.52 bits per heavy atom. The van der Waals surface area contributed by atoms with E-state index >= 15 is 0 Å². The minimum Gasteiger partial charge on any atom is -0.347 e. The molecule has 0 aliphatic carbocycles. The molecular formula is C17H15ClN2O3. The highest BCUT2D eigenvalue weighted by molar-refractivity contribution is 6.31. The molecule has 2 amide bonds. The highest BCUT2D eigenvalue weighted by atomic mass is 35.5. The normalized spacial score (nSPS) is 9.96. The quantitative estimate of drug-likeness (QED) is 0.796. The monoisotopic (exact) mass is 330 g/mol. The first-order valence-corrected chi connectivity index (χ1v) is 7.33. The highest BCUT2D eigenvalue weighted by Crippen LogP contribution is 2.10. The maximum absolute atomic E-state index is 11.9. The third-order valence-corrected chi connectivity index (χ3v) is 3.27. The fraction of sp³-hybridized carbons (Fsp3) is 0.118. The van der Waals surface area contributed by atoms with E-state index in [1.165, 1.54) is 6.07 Å². The lowest BCUT2D eigenvalue weighted by Gasteiger charge is -2.07. The van der Waals surface area contributed by atoms with Crippen molar-refractivity contribution < 1.29 is 14.4 Å². The fourth-order valence-corrected chi connectivity index (χ4v) is 2.05. The minimum absolute atomic E-state index is 0.152. The summed E-state index contributed by atoms with van der Waals surface area (Å²) in [4.78, 5) is 35.4. The molecule has 2 rings (SSSR count). The van der Waals surface area contributed by atoms with Crippen molar-refractivity contribution in [3.05, 3.63) is 70.7 Å². The topological polar surface area (TPSA) is 75.3 Å². The average molecular weight is 331 g/mol. The Hall–Kier alpha value is -2.66. The van der Waals surface area contributed by atoms with Crippen molar-refractivity contribution in [1.82, 2.24) is 10.6 Å². The van der Waals surface area contributed by atoms with E-state index < -0.39 is 5.91 Å². The second-order valence-corrected chi connectivity index (χ2v) is 5.20. The lowest BCUT2D eigenvalue weighted by atomic mass is 10.1. The van der Waals surface area contributed by atoms with Crippen molar-refractivity contribution >= 4 is 29.2 Å².